The van der Waals surface area contributed by atoms with Crippen LogP contribution in [-0.2, 0) is 0 Å². The van der Waals surface area contributed by atoms with Crippen LogP contribution in [-0.4, -0.2) is 0 Å². The number of fused-ring (bicyclic) bond motifs is 1. The molecule has 0 nitrogen and oxygen atoms in total. The molecule has 3 rings (SSSR count). The zero-order valence-corrected chi connectivity index (χ0v) is 11.5. The van der Waals surface area contributed by atoms with Gasteiger partial charge in [0.25, 0.3) is 0 Å². The molecule has 0 radical (unpaired) electrons. The van der Waals surface area contributed by atoms with Crippen molar-refractivity contribution in [3.63, 3.8) is 0 Å². The van der Waals surface area contributed by atoms with Gasteiger partial charge < -0.3 is 0 Å². The van der Waals surface area contributed by atoms with Crippen LogP contribution in [0, 0.1) is 0 Å². The molecule has 0 N–H and O–H groups in total. The molecule has 3 aromatic rings. The van der Waals surface area contributed by atoms with Crippen LogP contribution in [0.25, 0.3) is 22.9 Å². The molecule has 3 aromatic carbocycles. The molecule has 0 heterocycles. The monoisotopic (exact) mass is 258 g/mol. The summed E-state index contributed by atoms with van der Waals surface area (Å²) in [6.45, 7) is 7.41. The van der Waals surface area contributed by atoms with Gasteiger partial charge in [0.1, 0.15) is 0 Å². The molecule has 0 amide bonds. The highest BCUT2D eigenvalue weighted by atomic mass is 14.0. The van der Waals surface area contributed by atoms with Gasteiger partial charge in [-0.2, -0.15) is 0 Å². The molecule has 98 valence electrons. The van der Waals surface area contributed by atoms with Gasteiger partial charge in [0.15, 0.2) is 0 Å². The first kappa shape index (κ1) is 13.8. The van der Waals surface area contributed by atoms with Gasteiger partial charge >= 0.3 is 0 Å². The summed E-state index contributed by atoms with van der Waals surface area (Å²) >= 11 is 0. The average molecular weight is 258 g/mol. The fourth-order valence-corrected chi connectivity index (χ4v) is 2.02. The Morgan fingerprint density at radius 1 is 0.600 bits per heavy atom. The first-order valence-corrected chi connectivity index (χ1v) is 6.63. The molecule has 0 saturated heterocycles. The third-order valence-electron chi connectivity index (χ3n) is 3.08. The lowest BCUT2D eigenvalue weighted by Gasteiger charge is -1.99. The van der Waals surface area contributed by atoms with E-state index in [4.69, 9.17) is 0 Å². The van der Waals surface area contributed by atoms with Gasteiger partial charge in [-0.1, -0.05) is 98.1 Å². The average Bonchev–Trinajstić information content (AvgIpc) is 2.55. The molecule has 0 unspecified atom stereocenters. The largest absolute Gasteiger partial charge is 0.0985 e. The molecule has 0 aliphatic rings. The third-order valence-corrected chi connectivity index (χ3v) is 3.08. The van der Waals surface area contributed by atoms with Crippen LogP contribution in [0.3, 0.4) is 0 Å². The Kier molecular flexibility index (Phi) is 4.91. The van der Waals surface area contributed by atoms with E-state index in [0.29, 0.717) is 0 Å². The third kappa shape index (κ3) is 3.46. The number of benzene rings is 3. The van der Waals surface area contributed by atoms with E-state index in [1.807, 2.05) is 42.5 Å². The minimum atomic E-state index is 1.17. The molecule has 0 atom stereocenters. The second kappa shape index (κ2) is 7.10. The highest BCUT2D eigenvalue weighted by Crippen LogP contribution is 2.18. The Hall–Kier alpha value is -2.60. The van der Waals surface area contributed by atoms with Crippen molar-refractivity contribution in [1.82, 2.24) is 0 Å². The molecule has 0 spiro atoms. The van der Waals surface area contributed by atoms with Gasteiger partial charge in [-0.25, -0.2) is 0 Å². The quantitative estimate of drug-likeness (QED) is 0.544. The second-order valence-corrected chi connectivity index (χ2v) is 4.39. The van der Waals surface area contributed by atoms with Crippen molar-refractivity contribution in [3.05, 3.63) is 97.1 Å². The lowest BCUT2D eigenvalue weighted by Crippen LogP contribution is -1.75. The SMILES string of the molecule is C=Cc1cccc2ccccc12.C=Cc1ccccc1. The van der Waals surface area contributed by atoms with Crippen molar-refractivity contribution in [2.75, 3.05) is 0 Å². The maximum atomic E-state index is 3.78. The second-order valence-electron chi connectivity index (χ2n) is 4.39. The molecular weight excluding hydrogens is 240 g/mol. The fraction of sp³-hybridized carbons (Fsp3) is 0. The van der Waals surface area contributed by atoms with Gasteiger partial charge in [-0.3, -0.25) is 0 Å². The van der Waals surface area contributed by atoms with Crippen molar-refractivity contribution in [2.45, 2.75) is 0 Å². The normalized spacial score (nSPS) is 9.40. The van der Waals surface area contributed by atoms with Crippen LogP contribution < -0.4 is 0 Å². The van der Waals surface area contributed by atoms with Gasteiger partial charge in [0, 0.05) is 0 Å². The maximum Gasteiger partial charge on any atom is -0.0112 e. The van der Waals surface area contributed by atoms with Crippen molar-refractivity contribution in [1.29, 1.82) is 0 Å². The number of hydrogen-bond acceptors (Lipinski definition) is 0. The first-order valence-electron chi connectivity index (χ1n) is 6.63. The summed E-state index contributed by atoms with van der Waals surface area (Å²) in [5.41, 5.74) is 2.38. The highest BCUT2D eigenvalue weighted by molar-refractivity contribution is 5.90. The molecule has 0 aromatic heterocycles. The Labute approximate surface area is 120 Å². The molecule has 0 fully saturated rings. The van der Waals surface area contributed by atoms with E-state index >= 15 is 0 Å². The molecule has 20 heavy (non-hydrogen) atoms. The van der Waals surface area contributed by atoms with Crippen molar-refractivity contribution < 1.29 is 0 Å². The van der Waals surface area contributed by atoms with E-state index in [-0.39, 0.29) is 0 Å². The number of rotatable bonds is 2. The molecular formula is C20H18. The standard InChI is InChI=1S/C12H10.C8H8/c1-2-10-7-5-8-11-6-3-4-9-12(10)11;1-2-8-6-4-3-5-7-8/h2-9H,1H2;2-7H,1H2. The van der Waals surface area contributed by atoms with E-state index in [1.54, 1.807) is 0 Å². The summed E-state index contributed by atoms with van der Waals surface area (Å²) in [7, 11) is 0. The van der Waals surface area contributed by atoms with Gasteiger partial charge in [0.05, 0.1) is 0 Å². The molecule has 0 bridgehead atoms. The van der Waals surface area contributed by atoms with Crippen LogP contribution in [0.4, 0.5) is 0 Å². The Morgan fingerprint density at radius 2 is 1.25 bits per heavy atom. The van der Waals surface area contributed by atoms with Crippen molar-refractivity contribution in [3.8, 4) is 0 Å². The summed E-state index contributed by atoms with van der Waals surface area (Å²) in [5, 5.41) is 2.55. The molecule has 0 saturated carbocycles. The molecule has 0 heteroatoms. The predicted octanol–water partition coefficient (Wildman–Crippen LogP) is 5.81. The summed E-state index contributed by atoms with van der Waals surface area (Å²) < 4.78 is 0. The van der Waals surface area contributed by atoms with Crippen LogP contribution >= 0.6 is 0 Å². The minimum absolute atomic E-state index is 1.17. The van der Waals surface area contributed by atoms with Crippen molar-refractivity contribution >= 4 is 22.9 Å². The lowest BCUT2D eigenvalue weighted by molar-refractivity contribution is 1.67. The summed E-state index contributed by atoms with van der Waals surface area (Å²) in [6.07, 6.45) is 3.72. The topological polar surface area (TPSA) is 0 Å². The number of hydrogen-bond donors (Lipinski definition) is 0. The predicted molar refractivity (Wildman–Crippen MR) is 90.6 cm³/mol. The van der Waals surface area contributed by atoms with Gasteiger partial charge in [-0.15, -0.1) is 0 Å². The van der Waals surface area contributed by atoms with Crippen LogP contribution in [0.5, 0.6) is 0 Å². The van der Waals surface area contributed by atoms with Crippen LogP contribution in [0.2, 0.25) is 0 Å². The van der Waals surface area contributed by atoms with Crippen LogP contribution in [0.1, 0.15) is 11.1 Å². The Balaban J connectivity index is 0.000000160. The van der Waals surface area contributed by atoms with Gasteiger partial charge in [0.2, 0.25) is 0 Å². The minimum Gasteiger partial charge on any atom is -0.0985 e. The molecule has 0 aliphatic carbocycles. The Bertz CT molecular complexity index is 688. The summed E-state index contributed by atoms with van der Waals surface area (Å²) in [4.78, 5) is 0. The maximum absolute atomic E-state index is 3.78. The lowest BCUT2D eigenvalue weighted by atomic mass is 10.1. The van der Waals surface area contributed by atoms with E-state index in [9.17, 15) is 0 Å². The zero-order valence-electron chi connectivity index (χ0n) is 11.5. The fourth-order valence-electron chi connectivity index (χ4n) is 2.02. The Morgan fingerprint density at radius 3 is 1.90 bits per heavy atom. The first-order chi connectivity index (χ1) is 9.85. The van der Waals surface area contributed by atoms with E-state index in [1.165, 1.54) is 21.9 Å². The van der Waals surface area contributed by atoms with E-state index < -0.39 is 0 Å². The summed E-state index contributed by atoms with van der Waals surface area (Å²) in [6, 6.07) is 24.6. The summed E-state index contributed by atoms with van der Waals surface area (Å²) in [5.74, 6) is 0. The van der Waals surface area contributed by atoms with Crippen LogP contribution in [0.15, 0.2) is 86.0 Å². The van der Waals surface area contributed by atoms with E-state index in [2.05, 4.69) is 55.6 Å². The highest BCUT2D eigenvalue weighted by Gasteiger charge is 1.93. The zero-order chi connectivity index (χ0) is 14.2. The van der Waals surface area contributed by atoms with E-state index in [0.717, 1.165) is 0 Å². The van der Waals surface area contributed by atoms with Gasteiger partial charge in [-0.05, 0) is 21.9 Å². The molecule has 0 aliphatic heterocycles. The smallest absolute Gasteiger partial charge is 0.0112 e. The van der Waals surface area contributed by atoms with Crippen molar-refractivity contribution in [2.24, 2.45) is 0 Å².